The first-order valence-corrected chi connectivity index (χ1v) is 14.3. The predicted octanol–water partition coefficient (Wildman–Crippen LogP) is 7.11. The quantitative estimate of drug-likeness (QED) is 0.164. The fourth-order valence-corrected chi connectivity index (χ4v) is 6.38. The number of aryl methyl sites for hydroxylation is 2. The van der Waals surface area contributed by atoms with E-state index in [9.17, 15) is 14.9 Å². The van der Waals surface area contributed by atoms with Crippen LogP contribution in [0.15, 0.2) is 108 Å². The molecule has 0 aliphatic heterocycles. The average Bonchev–Trinajstić information content (AvgIpc) is 3.65. The van der Waals surface area contributed by atoms with Gasteiger partial charge in [-0.15, -0.1) is 0 Å². The van der Waals surface area contributed by atoms with Gasteiger partial charge in [0.05, 0.1) is 31.9 Å². The number of thiazole rings is 1. The molecule has 42 heavy (non-hydrogen) atoms. The molecule has 0 atom stereocenters. The van der Waals surface area contributed by atoms with Gasteiger partial charge in [-0.2, -0.15) is 0 Å². The molecule has 0 aliphatic carbocycles. The molecule has 7 aromatic rings. The molecule has 0 aliphatic rings. The number of rotatable bonds is 5. The van der Waals surface area contributed by atoms with Crippen LogP contribution in [0.25, 0.3) is 50.3 Å². The van der Waals surface area contributed by atoms with Crippen LogP contribution in [0.4, 0.5) is 5.69 Å². The van der Waals surface area contributed by atoms with Gasteiger partial charge < -0.3 is 4.57 Å². The number of hydrogen-bond donors (Lipinski definition) is 0. The van der Waals surface area contributed by atoms with Crippen molar-refractivity contribution in [2.45, 2.75) is 13.8 Å². The van der Waals surface area contributed by atoms with Gasteiger partial charge in [0.15, 0.2) is 4.96 Å². The number of aromatic nitrogens is 3. The van der Waals surface area contributed by atoms with Gasteiger partial charge in [-0.05, 0) is 72.5 Å². The maximum absolute atomic E-state index is 13.8. The maximum atomic E-state index is 13.8. The van der Waals surface area contributed by atoms with Crippen LogP contribution in [0.1, 0.15) is 16.7 Å². The lowest BCUT2D eigenvalue weighted by molar-refractivity contribution is -0.384. The highest BCUT2D eigenvalue weighted by Gasteiger charge is 2.20. The van der Waals surface area contributed by atoms with Gasteiger partial charge in [-0.1, -0.05) is 72.0 Å². The van der Waals surface area contributed by atoms with Crippen LogP contribution in [0.2, 0.25) is 0 Å². The molecule has 8 heteroatoms. The maximum Gasteiger partial charge on any atom is 0.274 e. The third-order valence-electron chi connectivity index (χ3n) is 7.61. The third kappa shape index (κ3) is 4.20. The Hall–Kier alpha value is -5.34. The summed E-state index contributed by atoms with van der Waals surface area (Å²) in [4.78, 5) is 30.2. The minimum Gasteiger partial charge on any atom is -0.309 e. The van der Waals surface area contributed by atoms with Crippen molar-refractivity contribution in [2.24, 2.45) is 0 Å². The van der Waals surface area contributed by atoms with Crippen LogP contribution in [0.3, 0.4) is 0 Å². The molecule has 0 bridgehead atoms. The van der Waals surface area contributed by atoms with E-state index in [0.29, 0.717) is 9.49 Å². The summed E-state index contributed by atoms with van der Waals surface area (Å²) in [6.07, 6.45) is 1.94. The van der Waals surface area contributed by atoms with Crippen molar-refractivity contribution < 1.29 is 4.92 Å². The van der Waals surface area contributed by atoms with Gasteiger partial charge in [0.2, 0.25) is 0 Å². The highest BCUT2D eigenvalue weighted by molar-refractivity contribution is 7.15. The Kier molecular flexibility index (Phi) is 6.06. The fourth-order valence-electron chi connectivity index (χ4n) is 5.40. The van der Waals surface area contributed by atoms with Gasteiger partial charge in [-0.25, -0.2) is 9.38 Å². The molecule has 7 rings (SSSR count). The normalized spacial score (nSPS) is 12.0. The second-order valence-corrected chi connectivity index (χ2v) is 11.3. The van der Waals surface area contributed by atoms with E-state index in [1.807, 2.05) is 92.7 Å². The smallest absolute Gasteiger partial charge is 0.274 e. The number of imidazole rings is 1. The Bertz CT molecular complexity index is 2250. The van der Waals surface area contributed by atoms with E-state index in [4.69, 9.17) is 4.98 Å². The minimum atomic E-state index is -0.399. The Balaban J connectivity index is 1.53. The lowest BCUT2D eigenvalue weighted by Gasteiger charge is -2.15. The number of nitrogens with zero attached hydrogens (tertiary/aromatic N) is 4. The first-order chi connectivity index (χ1) is 20.4. The zero-order chi connectivity index (χ0) is 29.0. The molecule has 0 saturated carbocycles. The molecule has 0 N–H and O–H groups in total. The average molecular weight is 569 g/mol. The summed E-state index contributed by atoms with van der Waals surface area (Å²) in [6.45, 7) is 4.08. The summed E-state index contributed by atoms with van der Waals surface area (Å²) in [7, 11) is 0. The molecule has 204 valence electrons. The molecule has 3 heterocycles. The Morgan fingerprint density at radius 1 is 0.833 bits per heavy atom. The van der Waals surface area contributed by atoms with E-state index in [0.717, 1.165) is 55.9 Å². The highest BCUT2D eigenvalue weighted by Crippen LogP contribution is 2.37. The number of nitro benzene ring substituents is 1. The number of hydrogen-bond acceptors (Lipinski definition) is 5. The molecule has 0 unspecified atom stereocenters. The number of fused-ring (bicyclic) bond motifs is 3. The SMILES string of the molecule is Cc1cc2nc3s/c(=C/c4cc(-c5ccccc5)n(-c5ccc([N+](=O)[O-])cc5)c4-c4ccccc4)c(=O)n3c2cc1C. The number of benzene rings is 4. The number of non-ortho nitro benzene ring substituents is 1. The largest absolute Gasteiger partial charge is 0.309 e. The lowest BCUT2D eigenvalue weighted by Crippen LogP contribution is -2.22. The summed E-state index contributed by atoms with van der Waals surface area (Å²) in [5.74, 6) is 0. The van der Waals surface area contributed by atoms with Crippen LogP contribution < -0.4 is 10.1 Å². The van der Waals surface area contributed by atoms with E-state index in [1.165, 1.54) is 23.5 Å². The van der Waals surface area contributed by atoms with Crippen molar-refractivity contribution in [1.29, 1.82) is 0 Å². The van der Waals surface area contributed by atoms with Crippen molar-refractivity contribution in [1.82, 2.24) is 14.0 Å². The van der Waals surface area contributed by atoms with E-state index >= 15 is 0 Å². The minimum absolute atomic E-state index is 0.0239. The summed E-state index contributed by atoms with van der Waals surface area (Å²) < 4.78 is 4.38. The van der Waals surface area contributed by atoms with Gasteiger partial charge >= 0.3 is 0 Å². The van der Waals surface area contributed by atoms with Crippen LogP contribution >= 0.6 is 11.3 Å². The second kappa shape index (κ2) is 9.94. The Morgan fingerprint density at radius 3 is 2.14 bits per heavy atom. The van der Waals surface area contributed by atoms with Crippen molar-refractivity contribution in [2.75, 3.05) is 0 Å². The van der Waals surface area contributed by atoms with Crippen LogP contribution in [0.5, 0.6) is 0 Å². The van der Waals surface area contributed by atoms with Gasteiger partial charge in [0.1, 0.15) is 0 Å². The topological polar surface area (TPSA) is 82.4 Å². The van der Waals surface area contributed by atoms with Crippen LogP contribution in [-0.4, -0.2) is 18.9 Å². The van der Waals surface area contributed by atoms with Crippen molar-refractivity contribution >= 4 is 39.1 Å². The van der Waals surface area contributed by atoms with Crippen LogP contribution in [0, 0.1) is 24.0 Å². The van der Waals surface area contributed by atoms with Crippen molar-refractivity contribution in [3.05, 3.63) is 145 Å². The van der Waals surface area contributed by atoms with Gasteiger partial charge in [0.25, 0.3) is 11.2 Å². The predicted molar refractivity (Wildman–Crippen MR) is 168 cm³/mol. The summed E-state index contributed by atoms with van der Waals surface area (Å²) >= 11 is 1.37. The molecule has 4 aromatic carbocycles. The molecule has 0 fully saturated rings. The Morgan fingerprint density at radius 2 is 1.48 bits per heavy atom. The molecule has 0 radical (unpaired) electrons. The standard InChI is InChI=1S/C34H24N4O3S/c1-21-17-28-30(18-22(21)2)37-33(39)31(42-34(37)35-28)20-25-19-29(23-9-5-3-6-10-23)36(32(25)24-11-7-4-8-12-24)26-13-15-27(16-14-26)38(40)41/h3-20H,1-2H3/b31-20+. The fraction of sp³-hybridized carbons (Fsp3) is 0.0588. The zero-order valence-corrected chi connectivity index (χ0v) is 23.6. The molecule has 0 saturated heterocycles. The Labute approximate surface area is 244 Å². The first kappa shape index (κ1) is 25.6. The molecule has 0 amide bonds. The van der Waals surface area contributed by atoms with Crippen LogP contribution in [-0.2, 0) is 0 Å². The molecule has 7 nitrogen and oxygen atoms in total. The lowest BCUT2D eigenvalue weighted by atomic mass is 10.1. The van der Waals surface area contributed by atoms with Crippen molar-refractivity contribution in [3.63, 3.8) is 0 Å². The van der Waals surface area contributed by atoms with Crippen molar-refractivity contribution in [3.8, 4) is 28.2 Å². The zero-order valence-electron chi connectivity index (χ0n) is 22.8. The molecule has 3 aromatic heterocycles. The number of nitro groups is 1. The van der Waals surface area contributed by atoms with E-state index in [2.05, 4.69) is 10.6 Å². The second-order valence-electron chi connectivity index (χ2n) is 10.2. The van der Waals surface area contributed by atoms with Gasteiger partial charge in [-0.3, -0.25) is 14.9 Å². The van der Waals surface area contributed by atoms with Gasteiger partial charge in [0, 0.05) is 23.4 Å². The van der Waals surface area contributed by atoms with E-state index in [1.54, 1.807) is 16.5 Å². The highest BCUT2D eigenvalue weighted by atomic mass is 32.1. The molecular weight excluding hydrogens is 544 g/mol. The summed E-state index contributed by atoms with van der Waals surface area (Å²) in [5.41, 5.74) is 9.14. The molecular formula is C34H24N4O3S. The summed E-state index contributed by atoms with van der Waals surface area (Å²) in [6, 6.07) is 32.6. The van der Waals surface area contributed by atoms with E-state index in [-0.39, 0.29) is 11.2 Å². The summed E-state index contributed by atoms with van der Waals surface area (Å²) in [5, 5.41) is 11.4. The molecule has 0 spiro atoms. The van der Waals surface area contributed by atoms with E-state index < -0.39 is 4.92 Å². The monoisotopic (exact) mass is 568 g/mol. The third-order valence-corrected chi connectivity index (χ3v) is 8.58. The first-order valence-electron chi connectivity index (χ1n) is 13.4.